The lowest BCUT2D eigenvalue weighted by molar-refractivity contribution is 0.262. The second-order valence-electron chi connectivity index (χ2n) is 12.4. The number of amides is 2. The van der Waals surface area contributed by atoms with Gasteiger partial charge in [0.15, 0.2) is 0 Å². The van der Waals surface area contributed by atoms with E-state index in [1.165, 1.54) is 86.6 Å². The Hall–Kier alpha value is -5.97. The molecule has 0 radical (unpaired) electrons. The predicted octanol–water partition coefficient (Wildman–Crippen LogP) is 5.76. The van der Waals surface area contributed by atoms with Gasteiger partial charge in [-0.1, -0.05) is 12.1 Å². The Morgan fingerprint density at radius 3 is 1.14 bits per heavy atom. The Balaban J connectivity index is 1.13. The molecule has 0 saturated heterocycles. The molecule has 0 aliphatic heterocycles. The van der Waals surface area contributed by atoms with Crippen LogP contribution in [0.25, 0.3) is 21.5 Å². The molecule has 56 heavy (non-hydrogen) atoms. The van der Waals surface area contributed by atoms with Crippen molar-refractivity contribution in [3.63, 3.8) is 0 Å². The van der Waals surface area contributed by atoms with Gasteiger partial charge >= 0.3 is 6.03 Å². The van der Waals surface area contributed by atoms with Crippen LogP contribution in [-0.2, 0) is 40.3 Å². The lowest BCUT2D eigenvalue weighted by Crippen LogP contribution is -2.21. The van der Waals surface area contributed by atoms with Gasteiger partial charge < -0.3 is 20.8 Å². The molecule has 0 spiro atoms. The molecule has 0 fully saturated rings. The first-order chi connectivity index (χ1) is 26.0. The minimum absolute atomic E-state index is 0.117. The van der Waals surface area contributed by atoms with Crippen molar-refractivity contribution in [2.75, 3.05) is 20.1 Å². The fourth-order valence-corrected chi connectivity index (χ4v) is 8.97. The molecule has 6 rings (SSSR count). The van der Waals surface area contributed by atoms with Crippen molar-refractivity contribution in [2.24, 2.45) is 0 Å². The first-order valence-electron chi connectivity index (χ1n) is 15.8. The van der Waals surface area contributed by atoms with Gasteiger partial charge in [-0.25, -0.2) is 21.6 Å². The van der Waals surface area contributed by atoms with Crippen molar-refractivity contribution in [1.82, 2.24) is 0 Å². The lowest BCUT2D eigenvalue weighted by atomic mass is 10.1. The highest BCUT2D eigenvalue weighted by molar-refractivity contribution is 7.93. The smallest absolute Gasteiger partial charge is 0.323 e. The number of fused-ring (bicyclic) bond motifs is 2. The van der Waals surface area contributed by atoms with Gasteiger partial charge in [-0.15, -0.1) is 0 Å². The van der Waals surface area contributed by atoms with Crippen molar-refractivity contribution < 1.29 is 57.8 Å². The van der Waals surface area contributed by atoms with Crippen LogP contribution in [0.2, 0.25) is 0 Å². The fourth-order valence-electron chi connectivity index (χ4n) is 5.64. The second-order valence-corrected chi connectivity index (χ2v) is 18.6. The van der Waals surface area contributed by atoms with Crippen molar-refractivity contribution >= 4 is 90.6 Å². The second kappa shape index (κ2) is 14.3. The predicted molar refractivity (Wildman–Crippen MR) is 207 cm³/mol. The molecule has 0 heterocycles. The molecular formula is C35H30N4O13S4. The standard InChI is InChI=1S/C35H30N4O13S4/c1-19-15-23(53(43,44)38-31-11-3-21-17-25(55(47,48)49)5-9-27(21)33(31)40)7-13-29(19)36-35(42)37-30-14-8-24(16-20(30)2)54(45,46)39-32-12-4-22-18-26(56(50,51)52)6-10-28(22)34(32)41/h3-18,38-41H,1-2H3,(H2,36,37,42)(H,47,48,49)(H,50,51,52). The average Bonchev–Trinajstić information content (AvgIpc) is 3.11. The third kappa shape index (κ3) is 8.17. The first kappa shape index (κ1) is 39.7. The molecule has 0 aliphatic carbocycles. The van der Waals surface area contributed by atoms with Crippen molar-refractivity contribution in [2.45, 2.75) is 33.4 Å². The summed E-state index contributed by atoms with van der Waals surface area (Å²) < 4.78 is 122. The van der Waals surface area contributed by atoms with Crippen LogP contribution in [0, 0.1) is 13.8 Å². The van der Waals surface area contributed by atoms with E-state index in [1.54, 1.807) is 0 Å². The van der Waals surface area contributed by atoms with Crippen LogP contribution in [0.5, 0.6) is 11.5 Å². The van der Waals surface area contributed by atoms with Crippen LogP contribution in [0.4, 0.5) is 27.5 Å². The van der Waals surface area contributed by atoms with Crippen LogP contribution in [0.15, 0.2) is 117 Å². The summed E-state index contributed by atoms with van der Waals surface area (Å²) in [5.41, 5.74) is 0.733. The number of carbonyl (C=O) groups is 1. The summed E-state index contributed by atoms with van der Waals surface area (Å²) in [7, 11) is -17.6. The third-order valence-corrected chi connectivity index (χ3v) is 12.9. The van der Waals surface area contributed by atoms with Crippen LogP contribution in [0.1, 0.15) is 11.1 Å². The van der Waals surface area contributed by atoms with E-state index >= 15 is 0 Å². The maximum atomic E-state index is 13.2. The van der Waals surface area contributed by atoms with Gasteiger partial charge in [0, 0.05) is 22.1 Å². The Bertz CT molecular complexity index is 2880. The molecule has 0 saturated carbocycles. The topological polar surface area (TPSA) is 283 Å². The fraction of sp³-hybridized carbons (Fsp3) is 0.0571. The molecule has 17 nitrogen and oxygen atoms in total. The normalized spacial score (nSPS) is 12.4. The van der Waals surface area contributed by atoms with E-state index in [1.807, 2.05) is 0 Å². The van der Waals surface area contributed by atoms with Gasteiger partial charge in [0.2, 0.25) is 0 Å². The molecule has 0 aliphatic rings. The number of nitrogens with one attached hydrogen (secondary N) is 4. The molecular weight excluding hydrogens is 813 g/mol. The summed E-state index contributed by atoms with van der Waals surface area (Å²) in [6.07, 6.45) is 0. The number of sulfonamides is 2. The van der Waals surface area contributed by atoms with E-state index in [9.17, 15) is 57.8 Å². The third-order valence-electron chi connectivity index (χ3n) is 8.52. The van der Waals surface area contributed by atoms with Gasteiger partial charge in [-0.2, -0.15) is 16.8 Å². The average molecular weight is 843 g/mol. The molecule has 0 aromatic heterocycles. The van der Waals surface area contributed by atoms with E-state index in [2.05, 4.69) is 20.1 Å². The zero-order valence-electron chi connectivity index (χ0n) is 28.8. The molecule has 292 valence electrons. The van der Waals surface area contributed by atoms with Crippen LogP contribution < -0.4 is 20.1 Å². The first-order valence-corrected chi connectivity index (χ1v) is 21.7. The largest absolute Gasteiger partial charge is 0.505 e. The summed E-state index contributed by atoms with van der Waals surface area (Å²) in [4.78, 5) is 11.7. The van der Waals surface area contributed by atoms with Gasteiger partial charge in [0.05, 0.1) is 31.0 Å². The number of hydrogen-bond donors (Lipinski definition) is 8. The maximum absolute atomic E-state index is 13.2. The number of hydrogen-bond acceptors (Lipinski definition) is 11. The number of benzene rings is 6. The summed E-state index contributed by atoms with van der Waals surface area (Å²) in [6, 6.07) is 18.8. The van der Waals surface area contributed by atoms with Crippen LogP contribution in [-0.4, -0.2) is 59.0 Å². The van der Waals surface area contributed by atoms with Crippen molar-refractivity contribution in [3.8, 4) is 11.5 Å². The van der Waals surface area contributed by atoms with Gasteiger partial charge in [-0.3, -0.25) is 18.5 Å². The quantitative estimate of drug-likeness (QED) is 0.0602. The van der Waals surface area contributed by atoms with Crippen molar-refractivity contribution in [3.05, 3.63) is 108 Å². The minimum Gasteiger partial charge on any atom is -0.505 e. The zero-order chi connectivity index (χ0) is 41.0. The van der Waals surface area contributed by atoms with Crippen molar-refractivity contribution in [1.29, 1.82) is 0 Å². The summed E-state index contributed by atoms with van der Waals surface area (Å²) >= 11 is 0. The summed E-state index contributed by atoms with van der Waals surface area (Å²) in [5.74, 6) is -0.968. The number of phenols is 2. The number of aryl methyl sites for hydroxylation is 2. The van der Waals surface area contributed by atoms with E-state index in [-0.39, 0.29) is 54.1 Å². The highest BCUT2D eigenvalue weighted by Gasteiger charge is 2.22. The van der Waals surface area contributed by atoms with E-state index < -0.39 is 67.6 Å². The van der Waals surface area contributed by atoms with Gasteiger partial charge in [-0.05, 0) is 121 Å². The van der Waals surface area contributed by atoms with Gasteiger partial charge in [0.25, 0.3) is 40.3 Å². The Kier molecular flexibility index (Phi) is 10.1. The van der Waals surface area contributed by atoms with E-state index in [0.717, 1.165) is 24.3 Å². The number of urea groups is 1. The van der Waals surface area contributed by atoms with Gasteiger partial charge in [0.1, 0.15) is 11.5 Å². The molecule has 0 unspecified atom stereocenters. The number of carbonyl (C=O) groups excluding carboxylic acids is 1. The molecule has 0 bridgehead atoms. The molecule has 6 aromatic carbocycles. The minimum atomic E-state index is -4.51. The summed E-state index contributed by atoms with van der Waals surface area (Å²) in [6.45, 7) is 3.08. The SMILES string of the molecule is Cc1cc(S(=O)(=O)Nc2ccc3cc(S(=O)(=O)O)ccc3c2O)ccc1NC(=O)Nc1ccc(S(=O)(=O)Nc2ccc3cc(S(=O)(=O)O)ccc3c2O)cc1C. The van der Waals surface area contributed by atoms with E-state index in [4.69, 9.17) is 0 Å². The summed E-state index contributed by atoms with van der Waals surface area (Å²) in [5, 5.41) is 27.3. The molecule has 21 heteroatoms. The monoisotopic (exact) mass is 842 g/mol. The highest BCUT2D eigenvalue weighted by atomic mass is 32.2. The molecule has 0 atom stereocenters. The Morgan fingerprint density at radius 2 is 0.804 bits per heavy atom. The number of aromatic hydroxyl groups is 2. The molecule has 6 aromatic rings. The van der Waals surface area contributed by atoms with Crippen LogP contribution in [0.3, 0.4) is 0 Å². The maximum Gasteiger partial charge on any atom is 0.323 e. The molecule has 2 amide bonds. The number of phenolic OH excluding ortho intramolecular Hbond substituents is 2. The molecule has 8 N–H and O–H groups in total. The van der Waals surface area contributed by atoms with Crippen LogP contribution >= 0.6 is 0 Å². The lowest BCUT2D eigenvalue weighted by Gasteiger charge is -2.15. The van der Waals surface area contributed by atoms with E-state index in [0.29, 0.717) is 11.1 Å². The Morgan fingerprint density at radius 1 is 0.464 bits per heavy atom. The Labute approximate surface area is 320 Å². The zero-order valence-corrected chi connectivity index (χ0v) is 32.1. The number of anilines is 4. The highest BCUT2D eigenvalue weighted by Crippen LogP contribution is 2.37. The number of rotatable bonds is 10.